The molecule has 0 fully saturated rings. The Bertz CT molecular complexity index is 569. The number of thiazole rings is 1. The van der Waals surface area contributed by atoms with E-state index >= 15 is 0 Å². The van der Waals surface area contributed by atoms with E-state index in [1.54, 1.807) is 17.5 Å². The first-order valence-electron chi connectivity index (χ1n) is 5.46. The van der Waals surface area contributed by atoms with Crippen LogP contribution in [-0.4, -0.2) is 15.0 Å². The minimum Gasteiger partial charge on any atom is -0.368 e. The second-order valence-electron chi connectivity index (χ2n) is 3.97. The maximum atomic E-state index is 5.58. The molecule has 0 aliphatic rings. The van der Waals surface area contributed by atoms with Gasteiger partial charge in [-0.15, -0.1) is 11.3 Å². The van der Waals surface area contributed by atoms with Gasteiger partial charge in [-0.05, 0) is 36.7 Å². The van der Waals surface area contributed by atoms with Gasteiger partial charge < -0.3 is 11.1 Å². The number of hydrogen-bond acceptors (Lipinski definition) is 6. The van der Waals surface area contributed by atoms with Crippen molar-refractivity contribution in [3.63, 3.8) is 0 Å². The van der Waals surface area contributed by atoms with Crippen LogP contribution in [-0.2, 0) is 0 Å². The lowest BCUT2D eigenvalue weighted by Crippen LogP contribution is -2.09. The molecule has 0 aliphatic carbocycles. The number of hydrogen-bond donors (Lipinski definition) is 2. The largest absolute Gasteiger partial charge is 0.368 e. The molecule has 1 atom stereocenters. The molecular formula is C11H14BrN5S. The number of nitrogen functional groups attached to an aromatic ring is 1. The first-order valence-corrected chi connectivity index (χ1v) is 7.07. The lowest BCUT2D eigenvalue weighted by atomic mass is 10.2. The van der Waals surface area contributed by atoms with Gasteiger partial charge in [0.15, 0.2) is 0 Å². The Kier molecular flexibility index (Phi) is 3.82. The maximum absolute atomic E-state index is 5.58. The van der Waals surface area contributed by atoms with Crippen molar-refractivity contribution < 1.29 is 0 Å². The molecule has 18 heavy (non-hydrogen) atoms. The molecule has 0 saturated heterocycles. The van der Waals surface area contributed by atoms with E-state index in [4.69, 9.17) is 5.73 Å². The minimum atomic E-state index is 0.127. The highest BCUT2D eigenvalue weighted by molar-refractivity contribution is 9.10. The van der Waals surface area contributed by atoms with Gasteiger partial charge in [-0.1, -0.05) is 0 Å². The van der Waals surface area contributed by atoms with Gasteiger partial charge in [0.2, 0.25) is 5.95 Å². The van der Waals surface area contributed by atoms with Crippen LogP contribution in [0.2, 0.25) is 0 Å². The molecule has 2 heterocycles. The van der Waals surface area contributed by atoms with Crippen LogP contribution in [0, 0.1) is 13.8 Å². The van der Waals surface area contributed by atoms with Crippen molar-refractivity contribution in [3.05, 3.63) is 26.2 Å². The zero-order valence-electron chi connectivity index (χ0n) is 10.4. The molecule has 0 radical (unpaired) electrons. The van der Waals surface area contributed by atoms with Crippen molar-refractivity contribution in [3.8, 4) is 0 Å². The molecule has 0 amide bonds. The fourth-order valence-corrected chi connectivity index (χ4v) is 2.94. The van der Waals surface area contributed by atoms with Crippen molar-refractivity contribution in [2.45, 2.75) is 26.8 Å². The fourth-order valence-electron chi connectivity index (χ4n) is 1.70. The number of anilines is 2. The van der Waals surface area contributed by atoms with Crippen LogP contribution in [0.3, 0.4) is 0 Å². The highest BCUT2D eigenvalue weighted by Gasteiger charge is 2.14. The maximum Gasteiger partial charge on any atom is 0.221 e. The molecule has 3 N–H and O–H groups in total. The standard InChI is InChI=1S/C11H14BrN5S/c1-5-9(18-7(3)15-5)6(2)16-10-8(12)4-14-11(13)17-10/h4,6H,1-3H3,(H3,13,14,16,17). The van der Waals surface area contributed by atoms with Gasteiger partial charge in [-0.25, -0.2) is 9.97 Å². The summed E-state index contributed by atoms with van der Waals surface area (Å²) in [6, 6.07) is 0.127. The van der Waals surface area contributed by atoms with Crippen molar-refractivity contribution in [2.75, 3.05) is 11.1 Å². The lowest BCUT2D eigenvalue weighted by Gasteiger charge is -2.14. The topological polar surface area (TPSA) is 76.7 Å². The van der Waals surface area contributed by atoms with E-state index in [2.05, 4.69) is 43.1 Å². The van der Waals surface area contributed by atoms with Gasteiger partial charge in [-0.3, -0.25) is 0 Å². The number of halogens is 1. The molecule has 0 saturated carbocycles. The minimum absolute atomic E-state index is 0.127. The van der Waals surface area contributed by atoms with Crippen LogP contribution in [0.5, 0.6) is 0 Å². The Balaban J connectivity index is 2.23. The molecule has 2 rings (SSSR count). The average molecular weight is 328 g/mol. The summed E-state index contributed by atoms with van der Waals surface area (Å²) in [5.41, 5.74) is 6.63. The predicted molar refractivity (Wildman–Crippen MR) is 77.8 cm³/mol. The van der Waals surface area contributed by atoms with Crippen LogP contribution in [0.25, 0.3) is 0 Å². The predicted octanol–water partition coefficient (Wildman–Crippen LogP) is 3.07. The highest BCUT2D eigenvalue weighted by Crippen LogP contribution is 2.29. The van der Waals surface area contributed by atoms with Gasteiger partial charge in [0.25, 0.3) is 0 Å². The summed E-state index contributed by atoms with van der Waals surface area (Å²) < 4.78 is 0.794. The molecule has 96 valence electrons. The number of rotatable bonds is 3. The van der Waals surface area contributed by atoms with Crippen LogP contribution in [0.4, 0.5) is 11.8 Å². The van der Waals surface area contributed by atoms with Crippen LogP contribution >= 0.6 is 27.3 Å². The number of aryl methyl sites for hydroxylation is 2. The third-order valence-electron chi connectivity index (χ3n) is 2.45. The SMILES string of the molecule is Cc1nc(C)c(C(C)Nc2nc(N)ncc2Br)s1. The average Bonchev–Trinajstić information content (AvgIpc) is 2.63. The number of nitrogens with one attached hydrogen (secondary N) is 1. The second kappa shape index (κ2) is 5.19. The molecule has 0 spiro atoms. The number of nitrogens with zero attached hydrogens (tertiary/aromatic N) is 3. The zero-order chi connectivity index (χ0) is 13.3. The Labute approximate surface area is 118 Å². The third kappa shape index (κ3) is 2.78. The van der Waals surface area contributed by atoms with E-state index < -0.39 is 0 Å². The summed E-state index contributed by atoms with van der Waals surface area (Å²) >= 11 is 5.09. The lowest BCUT2D eigenvalue weighted by molar-refractivity contribution is 0.876. The molecule has 2 aromatic heterocycles. The van der Waals surface area contributed by atoms with Crippen molar-refractivity contribution >= 4 is 39.0 Å². The molecule has 0 bridgehead atoms. The van der Waals surface area contributed by atoms with E-state index in [1.807, 2.05) is 13.8 Å². The first kappa shape index (κ1) is 13.2. The second-order valence-corrected chi connectivity index (χ2v) is 6.06. The van der Waals surface area contributed by atoms with E-state index in [1.165, 1.54) is 4.88 Å². The quantitative estimate of drug-likeness (QED) is 0.905. The summed E-state index contributed by atoms with van der Waals surface area (Å²) in [5.74, 6) is 0.950. The van der Waals surface area contributed by atoms with E-state index in [0.29, 0.717) is 5.82 Å². The van der Waals surface area contributed by atoms with Crippen LogP contribution in [0.1, 0.15) is 28.5 Å². The van der Waals surface area contributed by atoms with Crippen molar-refractivity contribution in [1.82, 2.24) is 15.0 Å². The van der Waals surface area contributed by atoms with Crippen LogP contribution in [0.15, 0.2) is 10.7 Å². The molecular weight excluding hydrogens is 314 g/mol. The van der Waals surface area contributed by atoms with Gasteiger partial charge in [0.1, 0.15) is 5.82 Å². The summed E-state index contributed by atoms with van der Waals surface area (Å²) in [6.45, 7) is 6.09. The zero-order valence-corrected chi connectivity index (χ0v) is 12.8. The summed E-state index contributed by atoms with van der Waals surface area (Å²) in [6.07, 6.45) is 1.64. The Morgan fingerprint density at radius 3 is 2.72 bits per heavy atom. The third-order valence-corrected chi connectivity index (χ3v) is 4.28. The Morgan fingerprint density at radius 1 is 1.39 bits per heavy atom. The smallest absolute Gasteiger partial charge is 0.221 e. The van der Waals surface area contributed by atoms with E-state index in [9.17, 15) is 0 Å². The summed E-state index contributed by atoms with van der Waals surface area (Å²) in [4.78, 5) is 13.7. The number of aromatic nitrogens is 3. The van der Waals surface area contributed by atoms with E-state index in [0.717, 1.165) is 15.2 Å². The van der Waals surface area contributed by atoms with E-state index in [-0.39, 0.29) is 12.0 Å². The summed E-state index contributed by atoms with van der Waals surface area (Å²) in [5, 5.41) is 4.38. The van der Waals surface area contributed by atoms with Gasteiger partial charge in [-0.2, -0.15) is 4.98 Å². The Morgan fingerprint density at radius 2 is 2.11 bits per heavy atom. The molecule has 2 aromatic rings. The van der Waals surface area contributed by atoms with Crippen molar-refractivity contribution in [1.29, 1.82) is 0 Å². The van der Waals surface area contributed by atoms with Crippen LogP contribution < -0.4 is 11.1 Å². The summed E-state index contributed by atoms with van der Waals surface area (Å²) in [7, 11) is 0. The van der Waals surface area contributed by atoms with Gasteiger partial charge >= 0.3 is 0 Å². The van der Waals surface area contributed by atoms with Crippen molar-refractivity contribution in [2.24, 2.45) is 0 Å². The number of nitrogens with two attached hydrogens (primary N) is 1. The van der Waals surface area contributed by atoms with Gasteiger partial charge in [0, 0.05) is 11.1 Å². The molecule has 1 unspecified atom stereocenters. The highest BCUT2D eigenvalue weighted by atomic mass is 79.9. The molecule has 0 aromatic carbocycles. The Hall–Kier alpha value is -1.21. The monoisotopic (exact) mass is 327 g/mol. The molecule has 0 aliphatic heterocycles. The fraction of sp³-hybridized carbons (Fsp3) is 0.364. The first-order chi connectivity index (χ1) is 8.47. The normalized spacial score (nSPS) is 12.4. The van der Waals surface area contributed by atoms with Gasteiger partial charge in [0.05, 0.1) is 21.2 Å². The molecule has 5 nitrogen and oxygen atoms in total. The molecule has 7 heteroatoms.